The maximum atomic E-state index is 12.4. The van der Waals surface area contributed by atoms with E-state index in [1.54, 1.807) is 12.4 Å². The SMILES string of the molecule is CC(NC(=O)CN1C(=O)C2CCCCC2C1=O)c1ccncc1. The smallest absolute Gasteiger partial charge is 0.240 e. The molecule has 1 aromatic rings. The van der Waals surface area contributed by atoms with Crippen LogP contribution < -0.4 is 5.32 Å². The maximum absolute atomic E-state index is 12.4. The molecule has 0 radical (unpaired) electrons. The molecule has 6 nitrogen and oxygen atoms in total. The summed E-state index contributed by atoms with van der Waals surface area (Å²) in [7, 11) is 0. The van der Waals surface area contributed by atoms with Crippen LogP contribution in [0.4, 0.5) is 0 Å². The van der Waals surface area contributed by atoms with Gasteiger partial charge in [-0.1, -0.05) is 12.8 Å². The number of carbonyl (C=O) groups is 3. The highest BCUT2D eigenvalue weighted by atomic mass is 16.2. The molecule has 2 heterocycles. The van der Waals surface area contributed by atoms with E-state index in [1.165, 1.54) is 0 Å². The van der Waals surface area contributed by atoms with Crippen molar-refractivity contribution in [2.24, 2.45) is 11.8 Å². The molecule has 3 amide bonds. The maximum Gasteiger partial charge on any atom is 0.240 e. The van der Waals surface area contributed by atoms with Crippen LogP contribution in [0.2, 0.25) is 0 Å². The van der Waals surface area contributed by atoms with Gasteiger partial charge >= 0.3 is 0 Å². The highest BCUT2D eigenvalue weighted by Crippen LogP contribution is 2.37. The Labute approximate surface area is 135 Å². The second-order valence-electron chi connectivity index (χ2n) is 6.33. The summed E-state index contributed by atoms with van der Waals surface area (Å²) < 4.78 is 0. The predicted octanol–water partition coefficient (Wildman–Crippen LogP) is 1.43. The predicted molar refractivity (Wildman–Crippen MR) is 83.0 cm³/mol. The van der Waals surface area contributed by atoms with Gasteiger partial charge in [-0.15, -0.1) is 0 Å². The minimum absolute atomic E-state index is 0.175. The fraction of sp³-hybridized carbons (Fsp3) is 0.529. The minimum atomic E-state index is -0.311. The van der Waals surface area contributed by atoms with E-state index in [0.717, 1.165) is 36.1 Å². The van der Waals surface area contributed by atoms with Gasteiger partial charge in [-0.05, 0) is 37.5 Å². The van der Waals surface area contributed by atoms with Gasteiger partial charge in [0.25, 0.3) is 0 Å². The van der Waals surface area contributed by atoms with E-state index in [-0.39, 0.29) is 42.1 Å². The summed E-state index contributed by atoms with van der Waals surface area (Å²) >= 11 is 0. The van der Waals surface area contributed by atoms with E-state index in [0.29, 0.717) is 0 Å². The molecule has 2 aliphatic rings. The van der Waals surface area contributed by atoms with E-state index in [9.17, 15) is 14.4 Å². The number of aromatic nitrogens is 1. The summed E-state index contributed by atoms with van der Waals surface area (Å²) in [6.07, 6.45) is 6.83. The fourth-order valence-corrected chi connectivity index (χ4v) is 3.55. The van der Waals surface area contributed by atoms with Crippen molar-refractivity contribution in [3.8, 4) is 0 Å². The Morgan fingerprint density at radius 1 is 1.22 bits per heavy atom. The molecule has 1 aliphatic carbocycles. The van der Waals surface area contributed by atoms with Gasteiger partial charge in [-0.2, -0.15) is 0 Å². The van der Waals surface area contributed by atoms with Gasteiger partial charge in [0.15, 0.2) is 0 Å². The molecular weight excluding hydrogens is 294 g/mol. The van der Waals surface area contributed by atoms with Gasteiger partial charge in [-0.3, -0.25) is 24.3 Å². The van der Waals surface area contributed by atoms with Crippen molar-refractivity contribution in [1.29, 1.82) is 0 Å². The Kier molecular flexibility index (Phi) is 4.41. The summed E-state index contributed by atoms with van der Waals surface area (Å²) in [5.74, 6) is -1.07. The number of amides is 3. The second kappa shape index (κ2) is 6.48. The highest BCUT2D eigenvalue weighted by Gasteiger charge is 2.48. The lowest BCUT2D eigenvalue weighted by Crippen LogP contribution is -2.41. The molecule has 6 heteroatoms. The van der Waals surface area contributed by atoms with Gasteiger partial charge in [0.1, 0.15) is 6.54 Å². The Hall–Kier alpha value is -2.24. The number of pyridine rings is 1. The third-order valence-electron chi connectivity index (χ3n) is 4.82. The standard InChI is InChI=1S/C17H21N3O3/c1-11(12-6-8-18-9-7-12)19-15(21)10-20-16(22)13-4-2-3-5-14(13)17(20)23/h6-9,11,13-14H,2-5,10H2,1H3,(H,19,21). The third kappa shape index (κ3) is 3.11. The summed E-state index contributed by atoms with van der Waals surface area (Å²) in [4.78, 5) is 42.0. The summed E-state index contributed by atoms with van der Waals surface area (Å²) in [5.41, 5.74) is 0.932. The summed E-state index contributed by atoms with van der Waals surface area (Å²) in [6.45, 7) is 1.68. The van der Waals surface area contributed by atoms with Crippen LogP contribution in [-0.4, -0.2) is 34.2 Å². The molecule has 2 fully saturated rings. The fourth-order valence-electron chi connectivity index (χ4n) is 3.55. The van der Waals surface area contributed by atoms with Crippen molar-refractivity contribution in [3.63, 3.8) is 0 Å². The molecule has 0 spiro atoms. The number of carbonyl (C=O) groups excluding carboxylic acids is 3. The highest BCUT2D eigenvalue weighted by molar-refractivity contribution is 6.07. The van der Waals surface area contributed by atoms with Crippen LogP contribution in [0.25, 0.3) is 0 Å². The van der Waals surface area contributed by atoms with Gasteiger partial charge < -0.3 is 5.32 Å². The molecular formula is C17H21N3O3. The molecule has 3 unspecified atom stereocenters. The Morgan fingerprint density at radius 3 is 2.35 bits per heavy atom. The zero-order valence-electron chi connectivity index (χ0n) is 13.2. The van der Waals surface area contributed by atoms with Gasteiger partial charge in [0.05, 0.1) is 17.9 Å². The zero-order chi connectivity index (χ0) is 16.4. The number of imide groups is 1. The molecule has 1 saturated heterocycles. The van der Waals surface area contributed by atoms with Crippen molar-refractivity contribution in [3.05, 3.63) is 30.1 Å². The van der Waals surface area contributed by atoms with Gasteiger partial charge in [0, 0.05) is 12.4 Å². The second-order valence-corrected chi connectivity index (χ2v) is 6.33. The topological polar surface area (TPSA) is 79.4 Å². The average Bonchev–Trinajstić information content (AvgIpc) is 2.81. The Bertz CT molecular complexity index is 593. The first kappa shape index (κ1) is 15.6. The first-order chi connectivity index (χ1) is 11.1. The molecule has 3 atom stereocenters. The summed E-state index contributed by atoms with van der Waals surface area (Å²) in [5, 5.41) is 2.83. The molecule has 23 heavy (non-hydrogen) atoms. The minimum Gasteiger partial charge on any atom is -0.348 e. The van der Waals surface area contributed by atoms with Crippen LogP contribution in [0.5, 0.6) is 0 Å². The van der Waals surface area contributed by atoms with E-state index in [2.05, 4.69) is 10.3 Å². The summed E-state index contributed by atoms with van der Waals surface area (Å²) in [6, 6.07) is 3.46. The number of rotatable bonds is 4. The van der Waals surface area contributed by atoms with Crippen molar-refractivity contribution < 1.29 is 14.4 Å². The largest absolute Gasteiger partial charge is 0.348 e. The number of fused-ring (bicyclic) bond motifs is 1. The molecule has 1 aromatic heterocycles. The van der Waals surface area contributed by atoms with Crippen molar-refractivity contribution in [2.45, 2.75) is 38.6 Å². The number of nitrogens with zero attached hydrogens (tertiary/aromatic N) is 2. The first-order valence-corrected chi connectivity index (χ1v) is 8.12. The molecule has 0 aromatic carbocycles. The van der Waals surface area contributed by atoms with Crippen LogP contribution in [0.1, 0.15) is 44.2 Å². The van der Waals surface area contributed by atoms with E-state index >= 15 is 0 Å². The average molecular weight is 315 g/mol. The van der Waals surface area contributed by atoms with Gasteiger partial charge in [0.2, 0.25) is 17.7 Å². The van der Waals surface area contributed by atoms with Crippen molar-refractivity contribution in [2.75, 3.05) is 6.54 Å². The van der Waals surface area contributed by atoms with Crippen molar-refractivity contribution >= 4 is 17.7 Å². The lowest BCUT2D eigenvalue weighted by molar-refractivity contribution is -0.143. The number of hydrogen-bond donors (Lipinski definition) is 1. The molecule has 3 rings (SSSR count). The van der Waals surface area contributed by atoms with E-state index in [1.807, 2.05) is 19.1 Å². The number of nitrogens with one attached hydrogen (secondary N) is 1. The molecule has 0 bridgehead atoms. The van der Waals surface area contributed by atoms with Gasteiger partial charge in [-0.25, -0.2) is 0 Å². The van der Waals surface area contributed by atoms with Crippen molar-refractivity contribution in [1.82, 2.24) is 15.2 Å². The van der Waals surface area contributed by atoms with E-state index < -0.39 is 0 Å². The lowest BCUT2D eigenvalue weighted by Gasteiger charge is -2.19. The molecule has 1 N–H and O–H groups in total. The third-order valence-corrected chi connectivity index (χ3v) is 4.82. The van der Waals surface area contributed by atoms with Crippen LogP contribution in [0.15, 0.2) is 24.5 Å². The van der Waals surface area contributed by atoms with Crippen LogP contribution in [0.3, 0.4) is 0 Å². The zero-order valence-corrected chi connectivity index (χ0v) is 13.2. The number of likely N-dealkylation sites (tertiary alicyclic amines) is 1. The Morgan fingerprint density at radius 2 is 1.78 bits per heavy atom. The normalized spacial score (nSPS) is 25.2. The molecule has 122 valence electrons. The van der Waals surface area contributed by atoms with E-state index in [4.69, 9.17) is 0 Å². The molecule has 1 aliphatic heterocycles. The van der Waals surface area contributed by atoms with Crippen LogP contribution in [-0.2, 0) is 14.4 Å². The van der Waals surface area contributed by atoms with Crippen LogP contribution >= 0.6 is 0 Å². The quantitative estimate of drug-likeness (QED) is 0.853. The van der Waals surface area contributed by atoms with Crippen LogP contribution in [0, 0.1) is 11.8 Å². The molecule has 1 saturated carbocycles. The lowest BCUT2D eigenvalue weighted by atomic mass is 9.81. The Balaban J connectivity index is 1.61. The first-order valence-electron chi connectivity index (χ1n) is 8.12. The monoisotopic (exact) mass is 315 g/mol. The number of hydrogen-bond acceptors (Lipinski definition) is 4.